The van der Waals surface area contributed by atoms with Gasteiger partial charge in [-0.25, -0.2) is 0 Å². The van der Waals surface area contributed by atoms with Crippen LogP contribution in [0.15, 0.2) is 152 Å². The lowest BCUT2D eigenvalue weighted by molar-refractivity contribution is 0.660. The van der Waals surface area contributed by atoms with Gasteiger partial charge < -0.3 is 4.90 Å². The van der Waals surface area contributed by atoms with Crippen LogP contribution in [0.3, 0.4) is 0 Å². The predicted molar refractivity (Wildman–Crippen MR) is 215 cm³/mol. The second-order valence-electron chi connectivity index (χ2n) is 15.0. The van der Waals surface area contributed by atoms with Gasteiger partial charge in [-0.2, -0.15) is 0 Å². The lowest BCUT2D eigenvalue weighted by atomic mass is 9.79. The second kappa shape index (κ2) is 10.5. The van der Waals surface area contributed by atoms with Gasteiger partial charge >= 0.3 is 0 Å². The molecule has 0 atom stereocenters. The van der Waals surface area contributed by atoms with Crippen molar-refractivity contribution in [2.75, 3.05) is 4.90 Å². The summed E-state index contributed by atoms with van der Waals surface area (Å²) in [6, 6.07) is 56.7. The van der Waals surface area contributed by atoms with Gasteiger partial charge in [-0.3, -0.25) is 0 Å². The smallest absolute Gasteiger partial charge is 0.0468 e. The molecule has 0 saturated carbocycles. The van der Waals surface area contributed by atoms with Crippen LogP contribution in [0.5, 0.6) is 0 Å². The highest BCUT2D eigenvalue weighted by molar-refractivity contribution is 7.25. The standard InChI is InChI=1S/C48H37NS/c1-47(2)41-17-8-5-12-35(41)37-26-24-33(29-43(37)47)49(32-25-27-45-40(28-32)38-14-7-10-19-44(38)50-45)31-22-20-30(21-23-31)34-15-11-16-39-36-13-6-9-18-42(36)48(3,4)46(34)39/h5-29H,1-4H3. The van der Waals surface area contributed by atoms with Crippen LogP contribution in [0.2, 0.25) is 0 Å². The van der Waals surface area contributed by atoms with E-state index in [1.807, 2.05) is 11.3 Å². The maximum Gasteiger partial charge on any atom is 0.0468 e. The summed E-state index contributed by atoms with van der Waals surface area (Å²) in [5.74, 6) is 0. The van der Waals surface area contributed by atoms with Crippen LogP contribution >= 0.6 is 11.3 Å². The van der Waals surface area contributed by atoms with Gasteiger partial charge in [0.25, 0.3) is 0 Å². The van der Waals surface area contributed by atoms with Crippen molar-refractivity contribution in [3.63, 3.8) is 0 Å². The lowest BCUT2D eigenvalue weighted by Crippen LogP contribution is -2.16. The summed E-state index contributed by atoms with van der Waals surface area (Å²) in [4.78, 5) is 2.45. The van der Waals surface area contributed by atoms with Gasteiger partial charge in [-0.05, 0) is 104 Å². The molecule has 0 aliphatic heterocycles. The average molecular weight is 660 g/mol. The maximum atomic E-state index is 2.45. The van der Waals surface area contributed by atoms with Crippen molar-refractivity contribution in [3.8, 4) is 33.4 Å². The molecule has 2 aliphatic rings. The van der Waals surface area contributed by atoms with Crippen LogP contribution in [0.25, 0.3) is 53.6 Å². The van der Waals surface area contributed by atoms with E-state index in [1.54, 1.807) is 0 Å². The van der Waals surface area contributed by atoms with Crippen molar-refractivity contribution in [2.24, 2.45) is 0 Å². The maximum absolute atomic E-state index is 2.45. The minimum atomic E-state index is -0.0803. The van der Waals surface area contributed by atoms with Crippen LogP contribution in [0.4, 0.5) is 17.1 Å². The van der Waals surface area contributed by atoms with E-state index in [1.165, 1.54) is 87.2 Å². The molecular weight excluding hydrogens is 623 g/mol. The molecule has 7 aromatic carbocycles. The molecule has 0 fully saturated rings. The zero-order chi connectivity index (χ0) is 33.8. The summed E-state index contributed by atoms with van der Waals surface area (Å²) in [6.45, 7) is 9.47. The van der Waals surface area contributed by atoms with Crippen molar-refractivity contribution >= 4 is 48.6 Å². The molecule has 10 rings (SSSR count). The quantitative estimate of drug-likeness (QED) is 0.182. The third kappa shape index (κ3) is 4.12. The molecule has 0 saturated heterocycles. The van der Waals surface area contributed by atoms with Crippen molar-refractivity contribution < 1.29 is 0 Å². The number of nitrogens with zero attached hydrogens (tertiary/aromatic N) is 1. The largest absolute Gasteiger partial charge is 0.310 e. The van der Waals surface area contributed by atoms with Crippen LogP contribution in [-0.2, 0) is 10.8 Å². The first-order valence-corrected chi connectivity index (χ1v) is 18.4. The summed E-state index contributed by atoms with van der Waals surface area (Å²) in [5, 5.41) is 2.62. The Labute approximate surface area is 298 Å². The molecule has 1 nitrogen and oxygen atoms in total. The highest BCUT2D eigenvalue weighted by atomic mass is 32.1. The van der Waals surface area contributed by atoms with Crippen LogP contribution in [-0.4, -0.2) is 0 Å². The summed E-state index contributed by atoms with van der Waals surface area (Å²) in [6.07, 6.45) is 0. The third-order valence-corrected chi connectivity index (χ3v) is 12.6. The van der Waals surface area contributed by atoms with E-state index < -0.39 is 0 Å². The molecule has 0 radical (unpaired) electrons. The Hall–Kier alpha value is -5.44. The van der Waals surface area contributed by atoms with Crippen molar-refractivity contribution in [2.45, 2.75) is 38.5 Å². The molecule has 50 heavy (non-hydrogen) atoms. The van der Waals surface area contributed by atoms with Gasteiger partial charge in [0.15, 0.2) is 0 Å². The molecule has 1 heterocycles. The van der Waals surface area contributed by atoms with Crippen molar-refractivity contribution in [1.29, 1.82) is 0 Å². The molecule has 240 valence electrons. The highest BCUT2D eigenvalue weighted by Crippen LogP contribution is 2.53. The normalized spacial score (nSPS) is 14.7. The molecule has 0 unspecified atom stereocenters. The zero-order valence-corrected chi connectivity index (χ0v) is 29.6. The minimum Gasteiger partial charge on any atom is -0.310 e. The first-order chi connectivity index (χ1) is 24.3. The Kier molecular flexibility index (Phi) is 6.21. The van der Waals surface area contributed by atoms with E-state index >= 15 is 0 Å². The van der Waals surface area contributed by atoms with Gasteiger partial charge in [-0.1, -0.05) is 131 Å². The van der Waals surface area contributed by atoms with Gasteiger partial charge in [0.2, 0.25) is 0 Å². The summed E-state index contributed by atoms with van der Waals surface area (Å²) in [7, 11) is 0. The van der Waals surface area contributed by atoms with Gasteiger partial charge in [0.05, 0.1) is 0 Å². The fourth-order valence-electron chi connectivity index (χ4n) is 9.01. The average Bonchev–Trinajstić information content (AvgIpc) is 3.72. The lowest BCUT2D eigenvalue weighted by Gasteiger charge is -2.28. The first-order valence-electron chi connectivity index (χ1n) is 17.6. The van der Waals surface area contributed by atoms with E-state index in [-0.39, 0.29) is 10.8 Å². The van der Waals surface area contributed by atoms with Crippen LogP contribution < -0.4 is 4.90 Å². The van der Waals surface area contributed by atoms with E-state index in [0.29, 0.717) is 0 Å². The topological polar surface area (TPSA) is 3.24 Å². The van der Waals surface area contributed by atoms with Crippen molar-refractivity contribution in [1.82, 2.24) is 0 Å². The van der Waals surface area contributed by atoms with E-state index in [4.69, 9.17) is 0 Å². The molecule has 2 aliphatic carbocycles. The molecule has 1 aromatic heterocycles. The molecule has 0 bridgehead atoms. The SMILES string of the molecule is CC1(C)c2ccccc2-c2ccc(N(c3ccc(-c4cccc5c4C(C)(C)c4ccccc4-5)cc3)c3ccc4sc5ccccc5c4c3)cc21. The number of thiophene rings is 1. The number of fused-ring (bicyclic) bond motifs is 9. The van der Waals surface area contributed by atoms with E-state index in [9.17, 15) is 0 Å². The predicted octanol–water partition coefficient (Wildman–Crippen LogP) is 13.8. The van der Waals surface area contributed by atoms with Gasteiger partial charge in [0, 0.05) is 48.1 Å². The first kappa shape index (κ1) is 29.5. The molecule has 2 heteroatoms. The Morgan fingerprint density at radius 1 is 0.400 bits per heavy atom. The van der Waals surface area contributed by atoms with Crippen molar-refractivity contribution in [3.05, 3.63) is 174 Å². The van der Waals surface area contributed by atoms with Gasteiger partial charge in [0.1, 0.15) is 0 Å². The fourth-order valence-corrected chi connectivity index (χ4v) is 10.1. The number of benzene rings is 7. The van der Waals surface area contributed by atoms with E-state index in [0.717, 1.165) is 5.69 Å². The van der Waals surface area contributed by atoms with Crippen LogP contribution in [0.1, 0.15) is 49.9 Å². The highest BCUT2D eigenvalue weighted by Gasteiger charge is 2.38. The fraction of sp³-hybridized carbons (Fsp3) is 0.125. The molecule has 8 aromatic rings. The number of hydrogen-bond acceptors (Lipinski definition) is 2. The van der Waals surface area contributed by atoms with Gasteiger partial charge in [-0.15, -0.1) is 11.3 Å². The Morgan fingerprint density at radius 3 is 1.76 bits per heavy atom. The number of anilines is 3. The Balaban J connectivity index is 1.13. The summed E-state index contributed by atoms with van der Waals surface area (Å²) >= 11 is 1.87. The summed E-state index contributed by atoms with van der Waals surface area (Å²) < 4.78 is 2.64. The Morgan fingerprint density at radius 2 is 0.960 bits per heavy atom. The van der Waals surface area contributed by atoms with E-state index in [2.05, 4.69) is 184 Å². The monoisotopic (exact) mass is 659 g/mol. The summed E-state index contributed by atoms with van der Waals surface area (Å²) in [5.41, 5.74) is 16.9. The molecule has 0 spiro atoms. The number of hydrogen-bond donors (Lipinski definition) is 0. The molecule has 0 amide bonds. The molecular formula is C48H37NS. The Bertz CT molecular complexity index is 2650. The zero-order valence-electron chi connectivity index (χ0n) is 28.8. The van der Waals surface area contributed by atoms with Crippen LogP contribution in [0, 0.1) is 0 Å². The minimum absolute atomic E-state index is 0.0687. The number of rotatable bonds is 4. The third-order valence-electron chi connectivity index (χ3n) is 11.5. The molecule has 0 N–H and O–H groups in total. The second-order valence-corrected chi connectivity index (χ2v) is 16.0.